The quantitative estimate of drug-likeness (QED) is 0.353. The second-order valence-corrected chi connectivity index (χ2v) is 11.0. The third-order valence-electron chi connectivity index (χ3n) is 4.20. The normalized spacial score (nSPS) is 13.9. The number of sulfonamides is 1. The number of nitrogens with zero attached hydrogens (tertiary/aromatic N) is 1. The Morgan fingerprint density at radius 1 is 1.03 bits per heavy atom. The van der Waals surface area contributed by atoms with Crippen molar-refractivity contribution in [1.29, 1.82) is 0 Å². The van der Waals surface area contributed by atoms with Gasteiger partial charge in [0.05, 0.1) is 17.2 Å². The first-order valence-corrected chi connectivity index (χ1v) is 12.7. The van der Waals surface area contributed by atoms with Crippen LogP contribution in [0.3, 0.4) is 0 Å². The van der Waals surface area contributed by atoms with E-state index in [-0.39, 0.29) is 27.2 Å². The van der Waals surface area contributed by atoms with Crippen molar-refractivity contribution in [1.82, 2.24) is 0 Å². The molecule has 11 heteroatoms. The number of halogens is 2. The van der Waals surface area contributed by atoms with Crippen LogP contribution in [0.5, 0.6) is 0 Å². The molecule has 0 aliphatic carbocycles. The molecule has 160 valence electrons. The molecule has 0 aromatic heterocycles. The minimum absolute atomic E-state index is 0.0539. The van der Waals surface area contributed by atoms with Crippen molar-refractivity contribution in [3.8, 4) is 0 Å². The standard InChI is InChI=1S/C19H19Cl2N2O5PS/c1-2-28-29(24,25)12-23(30(26,27)19-10-15(20)9-16(21)11-19)18-6-4-13-7-17(22)5-3-14(13)8-18/h3-11H,2,12,22H2,1H3,(H,24,25). The van der Waals surface area contributed by atoms with E-state index in [9.17, 15) is 17.9 Å². The summed E-state index contributed by atoms with van der Waals surface area (Å²) in [5.41, 5.74) is 6.53. The van der Waals surface area contributed by atoms with Crippen LogP contribution in [0.2, 0.25) is 10.0 Å². The maximum absolute atomic E-state index is 13.4. The molecule has 3 N–H and O–H groups in total. The van der Waals surface area contributed by atoms with Crippen LogP contribution in [-0.4, -0.2) is 26.2 Å². The molecule has 1 atom stereocenters. The fourth-order valence-corrected chi connectivity index (χ4v) is 6.78. The average molecular weight is 489 g/mol. The zero-order chi connectivity index (χ0) is 22.1. The lowest BCUT2D eigenvalue weighted by molar-refractivity contribution is 0.274. The number of hydrogen-bond donors (Lipinski definition) is 2. The van der Waals surface area contributed by atoms with Gasteiger partial charge >= 0.3 is 7.60 Å². The van der Waals surface area contributed by atoms with Gasteiger partial charge in [0.15, 0.2) is 0 Å². The summed E-state index contributed by atoms with van der Waals surface area (Å²) in [7, 11) is -8.56. The molecule has 0 saturated carbocycles. The van der Waals surface area contributed by atoms with Crippen molar-refractivity contribution in [2.75, 3.05) is 22.9 Å². The summed E-state index contributed by atoms with van der Waals surface area (Å²) < 4.78 is 45.0. The summed E-state index contributed by atoms with van der Waals surface area (Å²) in [4.78, 5) is 9.96. The predicted molar refractivity (Wildman–Crippen MR) is 121 cm³/mol. The SMILES string of the molecule is CCOP(=O)(O)CN(c1ccc2cc(N)ccc2c1)S(=O)(=O)c1cc(Cl)cc(Cl)c1. The smallest absolute Gasteiger partial charge is 0.348 e. The van der Waals surface area contributed by atoms with E-state index in [1.165, 1.54) is 24.3 Å². The maximum Gasteiger partial charge on any atom is 0.348 e. The van der Waals surface area contributed by atoms with Gasteiger partial charge in [-0.05, 0) is 60.2 Å². The van der Waals surface area contributed by atoms with Crippen LogP contribution in [0.15, 0.2) is 59.5 Å². The van der Waals surface area contributed by atoms with Crippen molar-refractivity contribution in [2.24, 2.45) is 0 Å². The Kier molecular flexibility index (Phi) is 6.67. The van der Waals surface area contributed by atoms with Gasteiger partial charge in [-0.2, -0.15) is 0 Å². The van der Waals surface area contributed by atoms with Crippen LogP contribution in [0.4, 0.5) is 11.4 Å². The molecule has 0 heterocycles. The first kappa shape index (κ1) is 22.9. The van der Waals surface area contributed by atoms with Gasteiger partial charge in [0.2, 0.25) is 0 Å². The maximum atomic E-state index is 13.4. The second-order valence-electron chi connectivity index (χ2n) is 6.45. The van der Waals surface area contributed by atoms with Gasteiger partial charge in [-0.15, -0.1) is 0 Å². The molecule has 7 nitrogen and oxygen atoms in total. The Bertz CT molecular complexity index is 1230. The van der Waals surface area contributed by atoms with Crippen LogP contribution in [0, 0.1) is 0 Å². The summed E-state index contributed by atoms with van der Waals surface area (Å²) in [5, 5.41) is 1.73. The molecule has 0 fully saturated rings. The number of rotatable bonds is 7. The third-order valence-corrected chi connectivity index (χ3v) is 7.88. The highest BCUT2D eigenvalue weighted by atomic mass is 35.5. The predicted octanol–water partition coefficient (Wildman–Crippen LogP) is 5.10. The Balaban J connectivity index is 2.17. The molecule has 0 amide bonds. The summed E-state index contributed by atoms with van der Waals surface area (Å²) >= 11 is 11.9. The molecule has 0 aliphatic heterocycles. The molecule has 0 aliphatic rings. The summed E-state index contributed by atoms with van der Waals surface area (Å²) in [5.74, 6) is 0. The molecule has 0 spiro atoms. The molecule has 0 radical (unpaired) electrons. The molecule has 3 rings (SSSR count). The van der Waals surface area contributed by atoms with Gasteiger partial charge in [0.25, 0.3) is 10.0 Å². The second kappa shape index (κ2) is 8.75. The van der Waals surface area contributed by atoms with Crippen LogP contribution >= 0.6 is 30.8 Å². The van der Waals surface area contributed by atoms with Crippen LogP contribution in [0.25, 0.3) is 10.8 Å². The lowest BCUT2D eigenvalue weighted by atomic mass is 10.1. The van der Waals surface area contributed by atoms with Crippen molar-refractivity contribution in [3.63, 3.8) is 0 Å². The lowest BCUT2D eigenvalue weighted by Crippen LogP contribution is -2.32. The van der Waals surface area contributed by atoms with Gasteiger partial charge in [-0.3, -0.25) is 8.87 Å². The number of fused-ring (bicyclic) bond motifs is 1. The Morgan fingerprint density at radius 3 is 2.27 bits per heavy atom. The van der Waals surface area contributed by atoms with E-state index < -0.39 is 23.9 Å². The molecule has 3 aromatic rings. The fourth-order valence-electron chi connectivity index (χ4n) is 2.91. The molecule has 30 heavy (non-hydrogen) atoms. The lowest BCUT2D eigenvalue weighted by Gasteiger charge is -2.26. The van der Waals surface area contributed by atoms with Gasteiger partial charge < -0.3 is 15.2 Å². The summed E-state index contributed by atoms with van der Waals surface area (Å²) in [6, 6.07) is 13.8. The Labute approximate surface area is 184 Å². The van der Waals surface area contributed by atoms with Crippen LogP contribution < -0.4 is 10.0 Å². The number of hydrogen-bond acceptors (Lipinski definition) is 5. The molecule has 0 bridgehead atoms. The largest absolute Gasteiger partial charge is 0.399 e. The van der Waals surface area contributed by atoms with Gasteiger partial charge in [0.1, 0.15) is 6.29 Å². The molecule has 1 unspecified atom stereocenters. The first-order valence-electron chi connectivity index (χ1n) is 8.76. The van der Waals surface area contributed by atoms with E-state index in [4.69, 9.17) is 33.5 Å². The van der Waals surface area contributed by atoms with E-state index in [0.29, 0.717) is 11.1 Å². The van der Waals surface area contributed by atoms with E-state index in [0.717, 1.165) is 9.69 Å². The third kappa shape index (κ3) is 5.09. The van der Waals surface area contributed by atoms with Crippen LogP contribution in [0.1, 0.15) is 6.92 Å². The van der Waals surface area contributed by atoms with E-state index in [1.807, 2.05) is 0 Å². The van der Waals surface area contributed by atoms with E-state index in [2.05, 4.69) is 0 Å². The first-order chi connectivity index (χ1) is 14.0. The van der Waals surface area contributed by atoms with Crippen molar-refractivity contribution >= 4 is 63.0 Å². The summed E-state index contributed by atoms with van der Waals surface area (Å²) in [6.07, 6.45) is -0.784. The number of nitrogen functional groups attached to an aromatic ring is 1. The minimum atomic E-state index is -4.30. The zero-order valence-electron chi connectivity index (χ0n) is 15.8. The highest BCUT2D eigenvalue weighted by Gasteiger charge is 2.33. The van der Waals surface area contributed by atoms with Gasteiger partial charge in [-0.25, -0.2) is 8.42 Å². The van der Waals surface area contributed by atoms with E-state index in [1.54, 1.807) is 37.3 Å². The highest BCUT2D eigenvalue weighted by Crippen LogP contribution is 2.45. The Hall–Kier alpha value is -1.80. The van der Waals surface area contributed by atoms with Crippen molar-refractivity contribution < 1.29 is 22.4 Å². The number of benzene rings is 3. The molecule has 3 aromatic carbocycles. The number of anilines is 2. The van der Waals surface area contributed by atoms with Gasteiger partial charge in [0, 0.05) is 15.7 Å². The average Bonchev–Trinajstić information content (AvgIpc) is 2.65. The topological polar surface area (TPSA) is 110 Å². The van der Waals surface area contributed by atoms with Crippen molar-refractivity contribution in [3.05, 3.63) is 64.6 Å². The number of nitrogens with two attached hydrogens (primary N) is 1. The highest BCUT2D eigenvalue weighted by molar-refractivity contribution is 7.93. The molecular weight excluding hydrogens is 470 g/mol. The minimum Gasteiger partial charge on any atom is -0.399 e. The zero-order valence-corrected chi connectivity index (χ0v) is 19.0. The molecular formula is C19H19Cl2N2O5PS. The van der Waals surface area contributed by atoms with Crippen molar-refractivity contribution in [2.45, 2.75) is 11.8 Å². The summed E-state index contributed by atoms with van der Waals surface area (Å²) in [6.45, 7) is 1.49. The monoisotopic (exact) mass is 488 g/mol. The molecule has 0 saturated heterocycles. The van der Waals surface area contributed by atoms with Gasteiger partial charge in [-0.1, -0.05) is 35.3 Å². The van der Waals surface area contributed by atoms with E-state index >= 15 is 0 Å². The Morgan fingerprint density at radius 2 is 1.63 bits per heavy atom. The van der Waals surface area contributed by atoms with Crippen LogP contribution in [-0.2, 0) is 19.1 Å². The fraction of sp³-hybridized carbons (Fsp3) is 0.158.